The van der Waals surface area contributed by atoms with Crippen LogP contribution in [0.15, 0.2) is 52.4 Å². The zero-order chi connectivity index (χ0) is 18.2. The van der Waals surface area contributed by atoms with Crippen LogP contribution in [-0.2, 0) is 23.9 Å². The topological polar surface area (TPSA) is 85.9 Å². The fourth-order valence-corrected chi connectivity index (χ4v) is 2.72. The molecule has 6 nitrogen and oxygen atoms in total. The van der Waals surface area contributed by atoms with Crippen LogP contribution in [0.4, 0.5) is 0 Å². The van der Waals surface area contributed by atoms with E-state index in [2.05, 4.69) is 10.3 Å². The van der Waals surface area contributed by atoms with Crippen LogP contribution < -0.4 is 20.5 Å². The monoisotopic (exact) mass is 489 g/mol. The molecule has 142 valence electrons. The van der Waals surface area contributed by atoms with Gasteiger partial charge in [0.25, 0.3) is 0 Å². The van der Waals surface area contributed by atoms with Crippen LogP contribution >= 0.6 is 24.0 Å². The maximum absolute atomic E-state index is 11.4. The van der Waals surface area contributed by atoms with Crippen LogP contribution in [0.5, 0.6) is 11.5 Å². The molecule has 0 saturated heterocycles. The van der Waals surface area contributed by atoms with E-state index >= 15 is 0 Å². The van der Waals surface area contributed by atoms with Crippen LogP contribution in [0.1, 0.15) is 11.1 Å². The summed E-state index contributed by atoms with van der Waals surface area (Å²) < 4.78 is 21.9. The van der Waals surface area contributed by atoms with Crippen LogP contribution in [0.25, 0.3) is 0 Å². The zero-order valence-electron chi connectivity index (χ0n) is 15.0. The summed E-state index contributed by atoms with van der Waals surface area (Å²) in [6, 6.07) is 13.2. The second-order valence-corrected chi connectivity index (χ2v) is 6.72. The molecule has 0 bridgehead atoms. The molecule has 0 saturated carbocycles. The Morgan fingerprint density at radius 1 is 1.08 bits per heavy atom. The molecule has 0 heterocycles. The van der Waals surface area contributed by atoms with Gasteiger partial charge in [-0.3, -0.25) is 4.21 Å². The predicted molar refractivity (Wildman–Crippen MR) is 116 cm³/mol. The fourth-order valence-electron chi connectivity index (χ4n) is 2.20. The van der Waals surface area contributed by atoms with Gasteiger partial charge in [-0.1, -0.05) is 18.2 Å². The Morgan fingerprint density at radius 2 is 1.69 bits per heavy atom. The third-order valence-corrected chi connectivity index (χ3v) is 4.54. The minimum atomic E-state index is -0.968. The molecule has 8 heteroatoms. The molecule has 3 N–H and O–H groups in total. The van der Waals surface area contributed by atoms with Crippen molar-refractivity contribution in [2.75, 3.05) is 20.5 Å². The summed E-state index contributed by atoms with van der Waals surface area (Å²) in [5, 5.41) is 3.06. The van der Waals surface area contributed by atoms with Gasteiger partial charge in [0.15, 0.2) is 17.5 Å². The van der Waals surface area contributed by atoms with Crippen LogP contribution in [0.2, 0.25) is 0 Å². The zero-order valence-corrected chi connectivity index (χ0v) is 18.2. The summed E-state index contributed by atoms with van der Waals surface area (Å²) in [6.45, 7) is 0.991. The van der Waals surface area contributed by atoms with Crippen molar-refractivity contribution in [2.45, 2.75) is 18.0 Å². The van der Waals surface area contributed by atoms with Gasteiger partial charge in [-0.05, 0) is 35.4 Å². The first-order chi connectivity index (χ1) is 12.0. The van der Waals surface area contributed by atoms with Crippen molar-refractivity contribution in [2.24, 2.45) is 10.7 Å². The van der Waals surface area contributed by atoms with Gasteiger partial charge in [-0.15, -0.1) is 24.0 Å². The van der Waals surface area contributed by atoms with E-state index in [0.29, 0.717) is 30.5 Å². The molecule has 0 aliphatic heterocycles. The average Bonchev–Trinajstić information content (AvgIpc) is 2.64. The highest BCUT2D eigenvalue weighted by Crippen LogP contribution is 2.27. The lowest BCUT2D eigenvalue weighted by molar-refractivity contribution is 0.354. The van der Waals surface area contributed by atoms with Crippen LogP contribution in [0.3, 0.4) is 0 Å². The van der Waals surface area contributed by atoms with Crippen molar-refractivity contribution < 1.29 is 13.7 Å². The first-order valence-corrected chi connectivity index (χ1v) is 9.26. The number of nitrogens with one attached hydrogen (secondary N) is 1. The van der Waals surface area contributed by atoms with E-state index in [1.807, 2.05) is 42.5 Å². The smallest absolute Gasteiger partial charge is 0.189 e. The van der Waals surface area contributed by atoms with Crippen molar-refractivity contribution in [3.63, 3.8) is 0 Å². The van der Waals surface area contributed by atoms with Gasteiger partial charge < -0.3 is 20.5 Å². The minimum Gasteiger partial charge on any atom is -0.493 e. The van der Waals surface area contributed by atoms with Crippen molar-refractivity contribution >= 4 is 40.7 Å². The highest BCUT2D eigenvalue weighted by atomic mass is 127. The third-order valence-electron chi connectivity index (χ3n) is 3.61. The maximum Gasteiger partial charge on any atom is 0.189 e. The lowest BCUT2D eigenvalue weighted by Gasteiger charge is -2.09. The van der Waals surface area contributed by atoms with Crippen LogP contribution in [-0.4, -0.2) is 30.6 Å². The van der Waals surface area contributed by atoms with E-state index in [-0.39, 0.29) is 24.0 Å². The van der Waals surface area contributed by atoms with E-state index in [9.17, 15) is 4.21 Å². The largest absolute Gasteiger partial charge is 0.493 e. The molecule has 0 amide bonds. The molecule has 1 unspecified atom stereocenters. The maximum atomic E-state index is 11.4. The Balaban J connectivity index is 0.00000338. The third kappa shape index (κ3) is 6.49. The lowest BCUT2D eigenvalue weighted by Crippen LogP contribution is -2.31. The number of nitrogens with two attached hydrogens (primary N) is 1. The Labute approximate surface area is 173 Å². The quantitative estimate of drug-likeness (QED) is 0.355. The van der Waals surface area contributed by atoms with Gasteiger partial charge in [-0.2, -0.15) is 0 Å². The SMILES string of the molecule is COc1ccc(CN=C(N)NCc2ccc(S(C)=O)cc2)cc1OC.I. The Kier molecular flexibility index (Phi) is 9.42. The van der Waals surface area contributed by atoms with Crippen molar-refractivity contribution in [3.05, 3.63) is 53.6 Å². The molecule has 1 atom stereocenters. The molecule has 2 aromatic rings. The standard InChI is InChI=1S/C18H23N3O3S.HI/c1-23-16-9-6-14(10-17(16)24-2)12-21-18(19)20-11-13-4-7-15(8-5-13)25(3)22;/h4-10H,11-12H2,1-3H3,(H3,19,20,21);1H. The molecule has 2 rings (SSSR count). The predicted octanol–water partition coefficient (Wildman–Crippen LogP) is 2.66. The number of aliphatic imine (C=N–C) groups is 1. The highest BCUT2D eigenvalue weighted by Gasteiger charge is 2.04. The first kappa shape index (κ1) is 22.2. The van der Waals surface area contributed by atoms with Crippen molar-refractivity contribution in [1.82, 2.24) is 5.32 Å². The first-order valence-electron chi connectivity index (χ1n) is 7.70. The molecular weight excluding hydrogens is 465 g/mol. The van der Waals surface area contributed by atoms with Gasteiger partial charge in [0, 0.05) is 28.5 Å². The Bertz CT molecular complexity index is 767. The molecule has 0 aromatic heterocycles. The van der Waals surface area contributed by atoms with Gasteiger partial charge in [-0.25, -0.2) is 4.99 Å². The van der Waals surface area contributed by atoms with E-state index in [1.165, 1.54) is 0 Å². The molecule has 0 aliphatic rings. The number of guanidine groups is 1. The number of halogens is 1. The highest BCUT2D eigenvalue weighted by molar-refractivity contribution is 14.0. The Morgan fingerprint density at radius 3 is 2.27 bits per heavy atom. The summed E-state index contributed by atoms with van der Waals surface area (Å²) >= 11 is 0. The molecule has 26 heavy (non-hydrogen) atoms. The fraction of sp³-hybridized carbons (Fsp3) is 0.278. The molecule has 0 spiro atoms. The normalized spacial score (nSPS) is 12.0. The second-order valence-electron chi connectivity index (χ2n) is 5.34. The number of ether oxygens (including phenoxy) is 2. The number of nitrogens with zero attached hydrogens (tertiary/aromatic N) is 1. The number of rotatable bonds is 7. The molecule has 0 fully saturated rings. The number of methoxy groups -OCH3 is 2. The molecular formula is C18H24IN3O3S. The summed E-state index contributed by atoms with van der Waals surface area (Å²) in [6.07, 6.45) is 1.66. The number of hydrogen-bond donors (Lipinski definition) is 2. The second kappa shape index (κ2) is 11.0. The molecule has 2 aromatic carbocycles. The van der Waals surface area contributed by atoms with Gasteiger partial charge in [0.1, 0.15) is 0 Å². The van der Waals surface area contributed by atoms with Crippen molar-refractivity contribution in [3.8, 4) is 11.5 Å². The van der Waals surface area contributed by atoms with Crippen LogP contribution in [0, 0.1) is 0 Å². The summed E-state index contributed by atoms with van der Waals surface area (Å²) in [5.41, 5.74) is 7.92. The molecule has 0 radical (unpaired) electrons. The van der Waals surface area contributed by atoms with E-state index < -0.39 is 10.8 Å². The number of hydrogen-bond acceptors (Lipinski definition) is 4. The van der Waals surface area contributed by atoms with E-state index in [0.717, 1.165) is 16.0 Å². The average molecular weight is 489 g/mol. The van der Waals surface area contributed by atoms with E-state index in [4.69, 9.17) is 15.2 Å². The van der Waals surface area contributed by atoms with Gasteiger partial charge >= 0.3 is 0 Å². The number of benzene rings is 2. The summed E-state index contributed by atoms with van der Waals surface area (Å²) in [7, 11) is 2.23. The van der Waals surface area contributed by atoms with Gasteiger partial charge in [0.2, 0.25) is 0 Å². The minimum absolute atomic E-state index is 0. The van der Waals surface area contributed by atoms with Gasteiger partial charge in [0.05, 0.1) is 20.8 Å². The summed E-state index contributed by atoms with van der Waals surface area (Å²) in [4.78, 5) is 5.13. The summed E-state index contributed by atoms with van der Waals surface area (Å²) in [5.74, 6) is 1.70. The van der Waals surface area contributed by atoms with E-state index in [1.54, 1.807) is 20.5 Å². The lowest BCUT2D eigenvalue weighted by atomic mass is 10.2. The van der Waals surface area contributed by atoms with Crippen molar-refractivity contribution in [1.29, 1.82) is 0 Å². The molecule has 0 aliphatic carbocycles. The Hall–Kier alpha value is -1.81.